The van der Waals surface area contributed by atoms with Crippen LogP contribution < -0.4 is 21.1 Å². The predicted molar refractivity (Wildman–Crippen MR) is 88.2 cm³/mol. The van der Waals surface area contributed by atoms with Gasteiger partial charge in [0.25, 0.3) is 0 Å². The van der Waals surface area contributed by atoms with Gasteiger partial charge in [0.2, 0.25) is 21.8 Å². The third kappa shape index (κ3) is 5.90. The Hall–Kier alpha value is -1.49. The van der Waals surface area contributed by atoms with Gasteiger partial charge in [-0.05, 0) is 25.1 Å². The molecular weight excluding hydrogens is 340 g/mol. The zero-order valence-electron chi connectivity index (χ0n) is 13.3. The summed E-state index contributed by atoms with van der Waals surface area (Å²) in [6.45, 7) is 3.65. The maximum Gasteiger partial charge on any atom is 0.249 e. The van der Waals surface area contributed by atoms with E-state index >= 15 is 0 Å². The van der Waals surface area contributed by atoms with Crippen LogP contribution in [0.3, 0.4) is 0 Å². The molecule has 0 aliphatic heterocycles. The zero-order valence-corrected chi connectivity index (χ0v) is 14.9. The fourth-order valence-corrected chi connectivity index (χ4v) is 3.67. The molecule has 0 radical (unpaired) electrons. The van der Waals surface area contributed by atoms with Gasteiger partial charge in [0.15, 0.2) is 0 Å². The van der Waals surface area contributed by atoms with Crippen LogP contribution in [0.1, 0.15) is 18.7 Å². The molecule has 0 bridgehead atoms. The van der Waals surface area contributed by atoms with Crippen molar-refractivity contribution in [2.75, 3.05) is 13.6 Å². The van der Waals surface area contributed by atoms with Crippen LogP contribution in [0.5, 0.6) is 0 Å². The molecule has 0 fully saturated rings. The van der Waals surface area contributed by atoms with E-state index in [1.807, 2.05) is 13.8 Å². The molecule has 1 aromatic rings. The van der Waals surface area contributed by atoms with Gasteiger partial charge in [0, 0.05) is 4.88 Å². The van der Waals surface area contributed by atoms with Crippen LogP contribution in [0.15, 0.2) is 16.3 Å². The van der Waals surface area contributed by atoms with Crippen molar-refractivity contribution in [3.63, 3.8) is 0 Å². The summed E-state index contributed by atoms with van der Waals surface area (Å²) < 4.78 is 25.6. The van der Waals surface area contributed by atoms with E-state index in [9.17, 15) is 18.0 Å². The maximum absolute atomic E-state index is 11.7. The third-order valence-electron chi connectivity index (χ3n) is 3.07. The SMILES string of the molecule is CNS(=O)(=O)c1ccc(CNC(=O)CNC(=O)[C@@H](N)C(C)C)s1. The van der Waals surface area contributed by atoms with Crippen LogP contribution in [0.4, 0.5) is 0 Å². The van der Waals surface area contributed by atoms with Crippen molar-refractivity contribution in [1.82, 2.24) is 15.4 Å². The van der Waals surface area contributed by atoms with E-state index in [0.717, 1.165) is 11.3 Å². The summed E-state index contributed by atoms with van der Waals surface area (Å²) in [5.41, 5.74) is 5.66. The lowest BCUT2D eigenvalue weighted by atomic mass is 10.1. The highest BCUT2D eigenvalue weighted by atomic mass is 32.2. The Bertz CT molecular complexity index is 655. The molecule has 0 aliphatic carbocycles. The minimum atomic E-state index is -3.47. The second kappa shape index (κ2) is 8.39. The van der Waals surface area contributed by atoms with Gasteiger partial charge in [-0.3, -0.25) is 9.59 Å². The topological polar surface area (TPSA) is 130 Å². The van der Waals surface area contributed by atoms with E-state index in [1.165, 1.54) is 13.1 Å². The molecule has 8 nitrogen and oxygen atoms in total. The number of carbonyl (C=O) groups is 2. The summed E-state index contributed by atoms with van der Waals surface area (Å²) in [5.74, 6) is -0.772. The van der Waals surface area contributed by atoms with Crippen molar-refractivity contribution < 1.29 is 18.0 Å². The number of carbonyl (C=O) groups excluding carboxylic acids is 2. The van der Waals surface area contributed by atoms with Crippen molar-refractivity contribution in [1.29, 1.82) is 0 Å². The van der Waals surface area contributed by atoms with Gasteiger partial charge in [-0.25, -0.2) is 13.1 Å². The lowest BCUT2D eigenvalue weighted by Crippen LogP contribution is -2.47. The molecule has 5 N–H and O–H groups in total. The molecule has 1 heterocycles. The van der Waals surface area contributed by atoms with Gasteiger partial charge in [-0.2, -0.15) is 0 Å². The van der Waals surface area contributed by atoms with E-state index in [4.69, 9.17) is 5.73 Å². The lowest BCUT2D eigenvalue weighted by Gasteiger charge is -2.15. The number of rotatable bonds is 8. The Labute approximate surface area is 139 Å². The molecule has 0 aromatic carbocycles. The van der Waals surface area contributed by atoms with Crippen molar-refractivity contribution in [2.24, 2.45) is 11.7 Å². The number of hydrogen-bond donors (Lipinski definition) is 4. The molecule has 0 saturated heterocycles. The Balaban J connectivity index is 2.44. The monoisotopic (exact) mass is 362 g/mol. The molecule has 1 aromatic heterocycles. The summed E-state index contributed by atoms with van der Waals surface area (Å²) in [4.78, 5) is 24.0. The fraction of sp³-hybridized carbons (Fsp3) is 0.538. The molecule has 0 spiro atoms. The van der Waals surface area contributed by atoms with Gasteiger partial charge >= 0.3 is 0 Å². The van der Waals surface area contributed by atoms with Crippen LogP contribution in [0.25, 0.3) is 0 Å². The van der Waals surface area contributed by atoms with E-state index in [0.29, 0.717) is 4.88 Å². The molecule has 130 valence electrons. The highest BCUT2D eigenvalue weighted by Crippen LogP contribution is 2.20. The smallest absolute Gasteiger partial charge is 0.249 e. The first-order valence-electron chi connectivity index (χ1n) is 6.99. The number of sulfonamides is 1. The van der Waals surface area contributed by atoms with Crippen LogP contribution in [0.2, 0.25) is 0 Å². The van der Waals surface area contributed by atoms with Crippen molar-refractivity contribution in [3.05, 3.63) is 17.0 Å². The standard InChI is InChI=1S/C13H22N4O4S2/c1-8(2)12(14)13(19)17-7-10(18)16-6-9-4-5-11(22-9)23(20,21)15-3/h4-5,8,12,15H,6-7,14H2,1-3H3,(H,16,18)(H,17,19)/t12-/m0/s1. The normalized spacial score (nSPS) is 12.9. The molecular formula is C13H22N4O4S2. The molecule has 0 aliphatic rings. The molecule has 23 heavy (non-hydrogen) atoms. The van der Waals surface area contributed by atoms with Crippen molar-refractivity contribution in [3.8, 4) is 0 Å². The second-order valence-corrected chi connectivity index (χ2v) is 8.47. The predicted octanol–water partition coefficient (Wildman–Crippen LogP) is -0.628. The van der Waals surface area contributed by atoms with E-state index in [1.54, 1.807) is 6.07 Å². The first-order chi connectivity index (χ1) is 10.7. The summed E-state index contributed by atoms with van der Waals surface area (Å²) in [7, 11) is -2.14. The quantitative estimate of drug-likeness (QED) is 0.489. The van der Waals surface area contributed by atoms with E-state index in [-0.39, 0.29) is 35.0 Å². The number of nitrogens with two attached hydrogens (primary N) is 1. The average molecular weight is 362 g/mol. The van der Waals surface area contributed by atoms with Gasteiger partial charge in [0.1, 0.15) is 4.21 Å². The summed E-state index contributed by atoms with van der Waals surface area (Å²) in [6.07, 6.45) is 0. The number of hydrogen-bond acceptors (Lipinski definition) is 6. The summed E-state index contributed by atoms with van der Waals surface area (Å²) >= 11 is 1.07. The summed E-state index contributed by atoms with van der Waals surface area (Å²) in [5, 5.41) is 5.07. The van der Waals surface area contributed by atoms with E-state index in [2.05, 4.69) is 15.4 Å². The molecule has 2 amide bonds. The highest BCUT2D eigenvalue weighted by Gasteiger charge is 2.18. The molecule has 0 unspecified atom stereocenters. The number of amides is 2. The van der Waals surface area contributed by atoms with Crippen molar-refractivity contribution >= 4 is 33.2 Å². The first-order valence-corrected chi connectivity index (χ1v) is 9.29. The Kier molecular flexibility index (Phi) is 7.13. The average Bonchev–Trinajstić information content (AvgIpc) is 2.99. The molecule has 1 atom stereocenters. The Morgan fingerprint density at radius 2 is 1.91 bits per heavy atom. The third-order valence-corrected chi connectivity index (χ3v) is 6.07. The molecule has 1 rings (SSSR count). The Morgan fingerprint density at radius 3 is 2.48 bits per heavy atom. The summed E-state index contributed by atoms with van der Waals surface area (Å²) in [6, 6.07) is 2.44. The number of nitrogens with one attached hydrogen (secondary N) is 3. The van der Waals surface area contributed by atoms with Gasteiger partial charge in [-0.1, -0.05) is 13.8 Å². The van der Waals surface area contributed by atoms with Crippen LogP contribution in [-0.4, -0.2) is 39.9 Å². The minimum Gasteiger partial charge on any atom is -0.350 e. The highest BCUT2D eigenvalue weighted by molar-refractivity contribution is 7.91. The fourth-order valence-electron chi connectivity index (χ4n) is 1.53. The second-order valence-electron chi connectivity index (χ2n) is 5.19. The van der Waals surface area contributed by atoms with Crippen LogP contribution in [-0.2, 0) is 26.2 Å². The van der Waals surface area contributed by atoms with Gasteiger partial charge in [0.05, 0.1) is 19.1 Å². The Morgan fingerprint density at radius 1 is 1.26 bits per heavy atom. The first kappa shape index (κ1) is 19.6. The van der Waals surface area contributed by atoms with E-state index < -0.39 is 16.1 Å². The number of thiophene rings is 1. The van der Waals surface area contributed by atoms with Gasteiger partial charge in [-0.15, -0.1) is 11.3 Å². The minimum absolute atomic E-state index is 0.0169. The van der Waals surface area contributed by atoms with Crippen LogP contribution in [0, 0.1) is 5.92 Å². The largest absolute Gasteiger partial charge is 0.350 e. The lowest BCUT2D eigenvalue weighted by molar-refractivity contribution is -0.127. The van der Waals surface area contributed by atoms with Crippen molar-refractivity contribution in [2.45, 2.75) is 30.6 Å². The maximum atomic E-state index is 11.7. The molecule has 10 heteroatoms. The zero-order chi connectivity index (χ0) is 17.6. The molecule has 0 saturated carbocycles. The van der Waals surface area contributed by atoms with Gasteiger partial charge < -0.3 is 16.4 Å². The van der Waals surface area contributed by atoms with Crippen LogP contribution >= 0.6 is 11.3 Å².